The Labute approximate surface area is 680 Å². The molecule has 0 fully saturated rings. The van der Waals surface area contributed by atoms with Gasteiger partial charge in [0, 0.05) is 73.3 Å². The van der Waals surface area contributed by atoms with E-state index in [1.54, 1.807) is 0 Å². The highest BCUT2D eigenvalue weighted by atomic mass is 15.2. The molecule has 12 aromatic rings. The van der Waals surface area contributed by atoms with Crippen molar-refractivity contribution in [1.82, 2.24) is 4.57 Å². The van der Waals surface area contributed by atoms with Crippen LogP contribution in [0.15, 0.2) is 295 Å². The van der Waals surface area contributed by atoms with Crippen molar-refractivity contribution in [2.24, 2.45) is 28.6 Å². The average Bonchev–Trinajstić information content (AvgIpc) is 0.821. The summed E-state index contributed by atoms with van der Waals surface area (Å²) in [5.74, 6) is 0.948. The molecule has 4 heteroatoms. The Kier molecular flexibility index (Phi) is 17.3. The molecule has 3 atom stereocenters. The van der Waals surface area contributed by atoms with Crippen molar-refractivity contribution in [2.75, 3.05) is 9.80 Å². The number of hydrogen-bond acceptors (Lipinski definition) is 2. The summed E-state index contributed by atoms with van der Waals surface area (Å²) >= 11 is 0. The van der Waals surface area contributed by atoms with Gasteiger partial charge in [0.05, 0.1) is 22.4 Å². The van der Waals surface area contributed by atoms with Crippen LogP contribution in [0.1, 0.15) is 185 Å². The maximum absolute atomic E-state index is 2.80. The smallest absolute Gasteiger partial charge is 0.252 e. The molecule has 0 N–H and O–H groups in total. The van der Waals surface area contributed by atoms with E-state index in [1.165, 1.54) is 172 Å². The predicted molar refractivity (Wildman–Crippen MR) is 492 cm³/mol. The van der Waals surface area contributed by atoms with Crippen molar-refractivity contribution in [3.05, 3.63) is 328 Å². The summed E-state index contributed by atoms with van der Waals surface area (Å²) < 4.78 is 2.59. The first-order valence-electron chi connectivity index (χ1n) is 42.0. The zero-order valence-corrected chi connectivity index (χ0v) is 71.3. The second-order valence-electron chi connectivity index (χ2n) is 41.1. The summed E-state index contributed by atoms with van der Waals surface area (Å²) in [6.45, 7) is 49.9. The number of hydrogen-bond donors (Lipinski definition) is 0. The van der Waals surface area contributed by atoms with E-state index in [9.17, 15) is 0 Å². The van der Waals surface area contributed by atoms with Crippen LogP contribution in [0.2, 0.25) is 0 Å². The SMILES string of the molecule is CC(C)(C)C1=CC2=CC(c3ccc4c(c3)N(c3c(-c5ccccc5)cc(C(C)(C)C)cc3-c3ccccc3)c3cc(C(C)(C)C)cc5c3B4c3ccc(-n4c6ccc(C(C)(C)C)cc6c6cc(C(C)(C)C)ccc64)cc3N5c3c(-c4ccccc4)cc(C(C)(C)C)cc3-c3ccccc3)=C3C=C(C(C)(C)C)CC4C=CC(=C1)C2C34. The molecule has 11 aromatic carbocycles. The van der Waals surface area contributed by atoms with E-state index in [-0.39, 0.29) is 50.5 Å². The number of benzene rings is 11. The van der Waals surface area contributed by atoms with Crippen molar-refractivity contribution in [2.45, 2.75) is 179 Å². The van der Waals surface area contributed by atoms with Gasteiger partial charge in [0.1, 0.15) is 0 Å². The monoisotopic (exact) mass is 1490 g/mol. The number of nitrogens with zero attached hydrogens (tertiary/aromatic N) is 3. The predicted octanol–water partition coefficient (Wildman–Crippen LogP) is 28.4. The van der Waals surface area contributed by atoms with Crippen LogP contribution in [0.4, 0.5) is 34.1 Å². The van der Waals surface area contributed by atoms with Crippen LogP contribution in [0.3, 0.4) is 0 Å². The van der Waals surface area contributed by atoms with Crippen molar-refractivity contribution in [3.63, 3.8) is 0 Å². The second kappa shape index (κ2) is 26.4. The van der Waals surface area contributed by atoms with Crippen molar-refractivity contribution >= 4 is 84.6 Å². The Morgan fingerprint density at radius 3 is 1.18 bits per heavy atom. The molecule has 114 heavy (non-hydrogen) atoms. The van der Waals surface area contributed by atoms with Gasteiger partial charge in [-0.25, -0.2) is 0 Å². The van der Waals surface area contributed by atoms with Gasteiger partial charge in [-0.2, -0.15) is 0 Å². The van der Waals surface area contributed by atoms with Gasteiger partial charge in [0.25, 0.3) is 6.71 Å². The maximum atomic E-state index is 2.80. The fourth-order valence-electron chi connectivity index (χ4n) is 19.4. The first-order valence-corrected chi connectivity index (χ1v) is 42.0. The van der Waals surface area contributed by atoms with Gasteiger partial charge in [-0.1, -0.05) is 339 Å². The fraction of sp³-hybridized carbons (Fsp3) is 0.291. The molecule has 3 nitrogen and oxygen atoms in total. The lowest BCUT2D eigenvalue weighted by Gasteiger charge is -2.48. The van der Waals surface area contributed by atoms with E-state index in [1.807, 2.05) is 0 Å². The van der Waals surface area contributed by atoms with Crippen molar-refractivity contribution in [3.8, 4) is 50.2 Å². The third-order valence-electron chi connectivity index (χ3n) is 26.0. The molecule has 6 aliphatic rings. The molecule has 18 rings (SSSR count). The first-order chi connectivity index (χ1) is 53.9. The van der Waals surface area contributed by atoms with Gasteiger partial charge in [-0.3, -0.25) is 0 Å². The molecular weight excluding hydrogens is 1370 g/mol. The summed E-state index contributed by atoms with van der Waals surface area (Å²) in [5.41, 5.74) is 39.3. The van der Waals surface area contributed by atoms with Gasteiger partial charge >= 0.3 is 0 Å². The van der Waals surface area contributed by atoms with E-state index in [0.29, 0.717) is 11.8 Å². The van der Waals surface area contributed by atoms with Crippen LogP contribution in [0.5, 0.6) is 0 Å². The number of aromatic nitrogens is 1. The maximum Gasteiger partial charge on any atom is 0.252 e. The number of fused-ring (bicyclic) bond motifs is 7. The molecule has 0 saturated heterocycles. The van der Waals surface area contributed by atoms with E-state index in [0.717, 1.165) is 23.5 Å². The summed E-state index contributed by atoms with van der Waals surface area (Å²) in [6, 6.07) is 90.8. The van der Waals surface area contributed by atoms with Gasteiger partial charge in [-0.15, -0.1) is 0 Å². The number of allylic oxidation sites excluding steroid dienone is 12. The highest BCUT2D eigenvalue weighted by Gasteiger charge is 2.49. The van der Waals surface area contributed by atoms with Gasteiger partial charge < -0.3 is 14.4 Å². The number of anilines is 6. The lowest BCUT2D eigenvalue weighted by Crippen LogP contribution is -2.61. The summed E-state index contributed by atoms with van der Waals surface area (Å²) in [7, 11) is 0. The highest BCUT2D eigenvalue weighted by Crippen LogP contribution is 2.60. The minimum Gasteiger partial charge on any atom is -0.310 e. The Morgan fingerprint density at radius 1 is 0.333 bits per heavy atom. The Morgan fingerprint density at radius 2 is 0.754 bits per heavy atom. The normalized spacial score (nSPS) is 17.5. The topological polar surface area (TPSA) is 11.4 Å². The molecule has 0 bridgehead atoms. The largest absolute Gasteiger partial charge is 0.310 e. The van der Waals surface area contributed by atoms with Crippen LogP contribution in [0, 0.1) is 28.6 Å². The van der Waals surface area contributed by atoms with E-state index >= 15 is 0 Å². The fourth-order valence-corrected chi connectivity index (χ4v) is 19.4. The summed E-state index contributed by atoms with van der Waals surface area (Å²) in [6.07, 6.45) is 16.6. The summed E-state index contributed by atoms with van der Waals surface area (Å²) in [5, 5.41) is 2.55. The molecular formula is C110H112BN3. The molecule has 4 aliphatic carbocycles. The highest BCUT2D eigenvalue weighted by molar-refractivity contribution is 7.00. The first kappa shape index (κ1) is 74.7. The zero-order valence-electron chi connectivity index (χ0n) is 71.3. The van der Waals surface area contributed by atoms with Crippen LogP contribution in [0.25, 0.3) is 77.6 Å². The molecule has 570 valence electrons. The minimum atomic E-state index is -0.336. The van der Waals surface area contributed by atoms with E-state index in [2.05, 4.69) is 427 Å². The molecule has 0 radical (unpaired) electrons. The minimum absolute atomic E-state index is 0.0176. The Bertz CT molecular complexity index is 5960. The Balaban J connectivity index is 1.02. The molecule has 0 amide bonds. The third kappa shape index (κ3) is 12.6. The lowest BCUT2D eigenvalue weighted by atomic mass is 9.33. The standard InChI is InChI=1S/C110H112BN3/c1-104(2,3)75-45-50-93-88(57-75)89-58-76(105(4,5)6)46-51-94(89)112(93)82-47-49-92-96(66-82)114(103-86(69-38-30-24-31-39-69)61-80(109(16,17)18)62-87(103)70-40-32-25-33-41-70)98-65-81(110(19,20)21)64-97-101(98)111(92)91-48-44-71(83-55-74-54-77(106(7,8)9)52-72-42-43-73-53-78(107(10,11)12)63-90(83)100(73)99(72)74)56-95(91)113(97)102-84(67-34-26-22-27-35-67)59-79(108(13,14)15)60-85(102)68-36-28-23-29-37-68/h22-52,54-66,73,99-100H,53H2,1-21H3. The quantitative estimate of drug-likeness (QED) is 0.141. The number of rotatable bonds is 8. The van der Waals surface area contributed by atoms with E-state index < -0.39 is 0 Å². The average molecular weight is 1490 g/mol. The van der Waals surface area contributed by atoms with Gasteiger partial charge in [0.2, 0.25) is 0 Å². The van der Waals surface area contributed by atoms with Gasteiger partial charge in [0.15, 0.2) is 0 Å². The lowest BCUT2D eigenvalue weighted by molar-refractivity contribution is 0.329. The molecule has 0 spiro atoms. The molecule has 2 aliphatic heterocycles. The van der Waals surface area contributed by atoms with Crippen LogP contribution >= 0.6 is 0 Å². The summed E-state index contributed by atoms with van der Waals surface area (Å²) in [4.78, 5) is 5.58. The second-order valence-corrected chi connectivity index (χ2v) is 41.1. The molecule has 0 saturated carbocycles. The van der Waals surface area contributed by atoms with Crippen molar-refractivity contribution in [1.29, 1.82) is 0 Å². The molecule has 3 unspecified atom stereocenters. The van der Waals surface area contributed by atoms with E-state index in [4.69, 9.17) is 0 Å². The Hall–Kier alpha value is -10.7. The van der Waals surface area contributed by atoms with Crippen molar-refractivity contribution < 1.29 is 0 Å². The zero-order chi connectivity index (χ0) is 80.0. The molecule has 1 aromatic heterocycles. The van der Waals surface area contributed by atoms with Crippen LogP contribution in [-0.4, -0.2) is 11.3 Å². The van der Waals surface area contributed by atoms with Gasteiger partial charge in [-0.05, 0) is 229 Å². The van der Waals surface area contributed by atoms with Crippen LogP contribution < -0.4 is 26.2 Å². The van der Waals surface area contributed by atoms with Crippen LogP contribution in [-0.2, 0) is 27.1 Å². The third-order valence-corrected chi connectivity index (χ3v) is 26.0. The molecule has 3 heterocycles.